The van der Waals surface area contributed by atoms with Gasteiger partial charge in [-0.15, -0.1) is 0 Å². The predicted molar refractivity (Wildman–Crippen MR) is 280 cm³/mol. The van der Waals surface area contributed by atoms with E-state index in [0.29, 0.717) is 6.42 Å². The van der Waals surface area contributed by atoms with Gasteiger partial charge in [0.1, 0.15) is 0 Å². The van der Waals surface area contributed by atoms with Gasteiger partial charge in [0.2, 0.25) is 5.91 Å². The molecule has 0 radical (unpaired) electrons. The van der Waals surface area contributed by atoms with Gasteiger partial charge < -0.3 is 15.5 Å². The first-order valence-corrected chi connectivity index (χ1v) is 27.3. The monoisotopic (exact) mass is 876 g/mol. The lowest BCUT2D eigenvalue weighted by molar-refractivity contribution is -0.123. The first-order chi connectivity index (χ1) is 31.2. The molecule has 0 saturated heterocycles. The topological polar surface area (TPSA) is 69.6 Å². The van der Waals surface area contributed by atoms with Crippen LogP contribution in [-0.2, 0) is 4.79 Å². The van der Waals surface area contributed by atoms with Crippen LogP contribution in [0.25, 0.3) is 0 Å². The third-order valence-electron chi connectivity index (χ3n) is 12.1. The van der Waals surface area contributed by atoms with E-state index in [9.17, 15) is 15.0 Å². The van der Waals surface area contributed by atoms with Gasteiger partial charge in [0.25, 0.3) is 0 Å². The molecule has 0 saturated carbocycles. The zero-order chi connectivity index (χ0) is 45.6. The molecule has 364 valence electrons. The van der Waals surface area contributed by atoms with Gasteiger partial charge in [0, 0.05) is 6.42 Å². The maximum atomic E-state index is 12.5. The molecule has 0 fully saturated rings. The van der Waals surface area contributed by atoms with Crippen LogP contribution >= 0.6 is 0 Å². The van der Waals surface area contributed by atoms with Crippen LogP contribution in [0.4, 0.5) is 0 Å². The van der Waals surface area contributed by atoms with Crippen molar-refractivity contribution in [1.82, 2.24) is 5.32 Å². The Hall–Kier alpha value is -2.43. The van der Waals surface area contributed by atoms with Crippen molar-refractivity contribution in [3.8, 4) is 0 Å². The molecule has 0 aromatic heterocycles. The number of hydrogen-bond donors (Lipinski definition) is 3. The minimum Gasteiger partial charge on any atom is -0.394 e. The molecule has 1 amide bonds. The van der Waals surface area contributed by atoms with Crippen molar-refractivity contribution >= 4 is 5.91 Å². The fourth-order valence-corrected chi connectivity index (χ4v) is 7.99. The van der Waals surface area contributed by atoms with Crippen molar-refractivity contribution in [3.05, 3.63) is 85.1 Å². The van der Waals surface area contributed by atoms with E-state index in [-0.39, 0.29) is 12.5 Å². The number of nitrogens with one attached hydrogen (secondary N) is 1. The lowest BCUT2D eigenvalue weighted by Gasteiger charge is -2.19. The molecule has 3 N–H and O–H groups in total. The molecule has 63 heavy (non-hydrogen) atoms. The van der Waals surface area contributed by atoms with E-state index in [1.54, 1.807) is 6.08 Å². The number of carbonyl (C=O) groups is 1. The first-order valence-electron chi connectivity index (χ1n) is 27.3. The van der Waals surface area contributed by atoms with E-state index < -0.39 is 12.1 Å². The fourth-order valence-electron chi connectivity index (χ4n) is 7.99. The number of amides is 1. The highest BCUT2D eigenvalue weighted by Crippen LogP contribution is 2.16. The van der Waals surface area contributed by atoms with E-state index in [1.807, 2.05) is 6.08 Å². The Kier molecular flexibility index (Phi) is 51.8. The summed E-state index contributed by atoms with van der Waals surface area (Å²) < 4.78 is 0. The average molecular weight is 876 g/mol. The Morgan fingerprint density at radius 1 is 0.397 bits per heavy atom. The second-order valence-corrected chi connectivity index (χ2v) is 18.3. The summed E-state index contributed by atoms with van der Waals surface area (Å²) in [6.07, 6.45) is 78.8. The maximum absolute atomic E-state index is 12.5. The highest BCUT2D eigenvalue weighted by Gasteiger charge is 2.17. The molecule has 0 aromatic rings. The van der Waals surface area contributed by atoms with Gasteiger partial charge in [-0.1, -0.05) is 266 Å². The van der Waals surface area contributed by atoms with Crippen LogP contribution < -0.4 is 5.32 Å². The summed E-state index contributed by atoms with van der Waals surface area (Å²) in [6, 6.07) is -0.646. The van der Waals surface area contributed by atoms with Gasteiger partial charge in [0.05, 0.1) is 18.8 Å². The summed E-state index contributed by atoms with van der Waals surface area (Å²) >= 11 is 0. The second kappa shape index (κ2) is 53.9. The fraction of sp³-hybridized carbons (Fsp3) is 0.746. The molecule has 0 rings (SSSR count). The minimum atomic E-state index is -0.869. The molecule has 2 unspecified atom stereocenters. The van der Waals surface area contributed by atoms with Gasteiger partial charge in [-0.2, -0.15) is 0 Å². The number of aliphatic hydroxyl groups is 2. The number of carbonyl (C=O) groups excluding carboxylic acids is 1. The van der Waals surface area contributed by atoms with Gasteiger partial charge >= 0.3 is 0 Å². The number of hydrogen-bond acceptors (Lipinski definition) is 3. The van der Waals surface area contributed by atoms with Crippen molar-refractivity contribution in [2.75, 3.05) is 6.61 Å². The van der Waals surface area contributed by atoms with Crippen LogP contribution in [0.3, 0.4) is 0 Å². The van der Waals surface area contributed by atoms with Gasteiger partial charge in [-0.25, -0.2) is 0 Å². The van der Waals surface area contributed by atoms with Crippen molar-refractivity contribution in [2.45, 2.75) is 276 Å². The Labute approximate surface area is 392 Å². The number of unbranched alkanes of at least 4 members (excludes halogenated alkanes) is 30. The highest BCUT2D eigenvalue weighted by atomic mass is 16.3. The van der Waals surface area contributed by atoms with E-state index in [2.05, 4.69) is 92.1 Å². The zero-order valence-electron chi connectivity index (χ0n) is 41.8. The SMILES string of the molecule is CC/C=C\C/C=C\C/C=C\C/C=C\C/C=C\CCCCCCCCCCCCCC(=O)NC(CO)C(O)/C=C/CC/C=C/CCCCCCCCCCCCCCCCCCCC. The molecule has 0 spiro atoms. The van der Waals surface area contributed by atoms with Gasteiger partial charge in [-0.3, -0.25) is 4.79 Å². The largest absolute Gasteiger partial charge is 0.394 e. The Bertz CT molecular complexity index is 1130. The van der Waals surface area contributed by atoms with Gasteiger partial charge in [-0.05, 0) is 77.0 Å². The zero-order valence-corrected chi connectivity index (χ0v) is 41.8. The molecule has 0 aliphatic rings. The summed E-state index contributed by atoms with van der Waals surface area (Å²) in [5.41, 5.74) is 0. The molecule has 2 atom stereocenters. The summed E-state index contributed by atoms with van der Waals surface area (Å²) in [7, 11) is 0. The quantitative estimate of drug-likeness (QED) is 0.0421. The van der Waals surface area contributed by atoms with E-state index in [4.69, 9.17) is 0 Å². The maximum Gasteiger partial charge on any atom is 0.220 e. The van der Waals surface area contributed by atoms with E-state index in [0.717, 1.165) is 64.2 Å². The van der Waals surface area contributed by atoms with Crippen LogP contribution in [0.15, 0.2) is 85.1 Å². The first kappa shape index (κ1) is 60.6. The molecular formula is C59H105NO3. The minimum absolute atomic E-state index is 0.0784. The predicted octanol–water partition coefficient (Wildman–Crippen LogP) is 18.0. The molecule has 0 heterocycles. The van der Waals surface area contributed by atoms with Crippen LogP contribution in [0.5, 0.6) is 0 Å². The molecule has 0 aliphatic carbocycles. The summed E-state index contributed by atoms with van der Waals surface area (Å²) in [5.74, 6) is -0.0784. The van der Waals surface area contributed by atoms with Crippen molar-refractivity contribution in [1.29, 1.82) is 0 Å². The van der Waals surface area contributed by atoms with Crippen LogP contribution in [0.2, 0.25) is 0 Å². The van der Waals surface area contributed by atoms with Crippen LogP contribution in [0, 0.1) is 0 Å². The Balaban J connectivity index is 3.58. The smallest absolute Gasteiger partial charge is 0.220 e. The Morgan fingerprint density at radius 3 is 1.11 bits per heavy atom. The van der Waals surface area contributed by atoms with E-state index in [1.165, 1.54) is 180 Å². The lowest BCUT2D eigenvalue weighted by atomic mass is 10.0. The summed E-state index contributed by atoms with van der Waals surface area (Å²) in [6.45, 7) is 4.20. The third-order valence-corrected chi connectivity index (χ3v) is 12.1. The number of allylic oxidation sites excluding steroid dienone is 13. The van der Waals surface area contributed by atoms with Gasteiger partial charge in [0.15, 0.2) is 0 Å². The van der Waals surface area contributed by atoms with Crippen molar-refractivity contribution < 1.29 is 15.0 Å². The molecule has 0 bridgehead atoms. The summed E-state index contributed by atoms with van der Waals surface area (Å²) in [5, 5.41) is 23.1. The normalized spacial score (nSPS) is 13.5. The van der Waals surface area contributed by atoms with Crippen LogP contribution in [0.1, 0.15) is 264 Å². The molecular weight excluding hydrogens is 771 g/mol. The molecule has 0 aliphatic heterocycles. The highest BCUT2D eigenvalue weighted by molar-refractivity contribution is 5.76. The molecule has 4 heteroatoms. The number of aliphatic hydroxyl groups excluding tert-OH is 2. The standard InChI is InChI=1S/C59H105NO3/c1-3-5-7-9-11-13-15-17-19-21-23-25-27-29-30-31-33-35-37-39-41-43-45-47-49-51-53-55-59(63)60-57(56-61)58(62)54-52-50-48-46-44-42-40-38-36-34-32-28-26-24-22-20-18-16-14-12-10-8-6-4-2/h5,7,11,13,17,19,23,25,29-30,44,46,52,54,57-58,61-62H,3-4,6,8-10,12,14-16,18,20-22,24,26-28,31-43,45,47-51,53,55-56H2,1-2H3,(H,60,63)/b7-5-,13-11-,19-17-,25-23-,30-29-,46-44+,54-52+. The second-order valence-electron chi connectivity index (χ2n) is 18.3. The van der Waals surface area contributed by atoms with Crippen molar-refractivity contribution in [2.24, 2.45) is 0 Å². The molecule has 4 nitrogen and oxygen atoms in total. The lowest BCUT2D eigenvalue weighted by Crippen LogP contribution is -2.45. The molecule has 0 aromatic carbocycles. The van der Waals surface area contributed by atoms with Crippen molar-refractivity contribution in [3.63, 3.8) is 0 Å². The average Bonchev–Trinajstić information content (AvgIpc) is 3.29. The van der Waals surface area contributed by atoms with E-state index >= 15 is 0 Å². The third kappa shape index (κ3) is 50.4. The Morgan fingerprint density at radius 2 is 0.714 bits per heavy atom. The summed E-state index contributed by atoms with van der Waals surface area (Å²) in [4.78, 5) is 12.5. The van der Waals surface area contributed by atoms with Crippen LogP contribution in [-0.4, -0.2) is 34.9 Å². The number of rotatable bonds is 49.